The first-order valence-electron chi connectivity index (χ1n) is 13.5. The van der Waals surface area contributed by atoms with Crippen molar-refractivity contribution in [1.82, 2.24) is 10.6 Å². The van der Waals surface area contributed by atoms with E-state index in [9.17, 15) is 28.0 Å². The normalized spacial score (nSPS) is 12.1. The molecule has 0 saturated heterocycles. The monoisotopic (exact) mass is 550 g/mol. The van der Waals surface area contributed by atoms with Crippen LogP contribution >= 0.6 is 0 Å². The molecule has 0 spiro atoms. The van der Waals surface area contributed by atoms with Crippen LogP contribution in [0.25, 0.3) is 10.8 Å². The Morgan fingerprint density at radius 1 is 0.825 bits per heavy atom. The Morgan fingerprint density at radius 2 is 1.50 bits per heavy atom. The van der Waals surface area contributed by atoms with Gasteiger partial charge in [-0.15, -0.1) is 0 Å². The third-order valence-electron chi connectivity index (χ3n) is 6.45. The summed E-state index contributed by atoms with van der Waals surface area (Å²) in [7, 11) is 0. The average Bonchev–Trinajstić information content (AvgIpc) is 2.89. The lowest BCUT2D eigenvalue weighted by Gasteiger charge is -2.23. The zero-order valence-electron chi connectivity index (χ0n) is 23.2. The van der Waals surface area contributed by atoms with Gasteiger partial charge in [0.2, 0.25) is 11.8 Å². The Balaban J connectivity index is 1.56. The average molecular weight is 551 g/mol. The van der Waals surface area contributed by atoms with Gasteiger partial charge in [0.1, 0.15) is 17.4 Å². The van der Waals surface area contributed by atoms with Gasteiger partial charge in [-0.1, -0.05) is 36.4 Å². The number of aryl methyl sites for hydroxylation is 1. The number of Topliss-reactive ketones (excluding diaryl/α,β-unsaturated/α-hetero) is 2. The lowest BCUT2D eigenvalue weighted by Crippen LogP contribution is -2.43. The smallest absolute Gasteiger partial charge is 0.224 e. The Hall–Kier alpha value is -3.94. The van der Waals surface area contributed by atoms with Crippen molar-refractivity contribution in [2.75, 3.05) is 6.54 Å². The first kappa shape index (κ1) is 30.6. The van der Waals surface area contributed by atoms with Gasteiger partial charge in [-0.3, -0.25) is 19.2 Å². The number of hydrogen-bond acceptors (Lipinski definition) is 4. The zero-order chi connectivity index (χ0) is 29.3. The number of benzene rings is 3. The van der Waals surface area contributed by atoms with E-state index in [2.05, 4.69) is 10.6 Å². The maximum atomic E-state index is 14.1. The minimum absolute atomic E-state index is 0.106. The summed E-state index contributed by atoms with van der Waals surface area (Å²) >= 11 is 0. The maximum Gasteiger partial charge on any atom is 0.224 e. The van der Waals surface area contributed by atoms with Gasteiger partial charge in [0.15, 0.2) is 5.78 Å². The van der Waals surface area contributed by atoms with E-state index in [0.29, 0.717) is 29.2 Å². The van der Waals surface area contributed by atoms with Crippen molar-refractivity contribution in [2.45, 2.75) is 64.8 Å². The Kier molecular flexibility index (Phi) is 10.6. The van der Waals surface area contributed by atoms with Crippen LogP contribution in [0.3, 0.4) is 0 Å². The van der Waals surface area contributed by atoms with E-state index >= 15 is 0 Å². The molecule has 0 aromatic heterocycles. The lowest BCUT2D eigenvalue weighted by atomic mass is 9.93. The molecule has 0 aliphatic heterocycles. The molecule has 212 valence electrons. The van der Waals surface area contributed by atoms with E-state index in [1.165, 1.54) is 24.3 Å². The molecule has 0 saturated carbocycles. The van der Waals surface area contributed by atoms with E-state index in [-0.39, 0.29) is 55.5 Å². The highest BCUT2D eigenvalue weighted by molar-refractivity contribution is 6.08. The van der Waals surface area contributed by atoms with Crippen LogP contribution in [-0.4, -0.2) is 35.5 Å². The van der Waals surface area contributed by atoms with Crippen LogP contribution in [-0.2, 0) is 20.8 Å². The second-order valence-electron chi connectivity index (χ2n) is 11.0. The molecule has 0 unspecified atom stereocenters. The minimum atomic E-state index is -0.861. The minimum Gasteiger partial charge on any atom is -0.356 e. The van der Waals surface area contributed by atoms with Crippen LogP contribution in [0.4, 0.5) is 8.78 Å². The van der Waals surface area contributed by atoms with E-state index in [0.717, 1.165) is 5.56 Å². The van der Waals surface area contributed by atoms with Crippen molar-refractivity contribution in [2.24, 2.45) is 5.92 Å². The number of amides is 2. The molecule has 3 aromatic carbocycles. The van der Waals surface area contributed by atoms with Crippen molar-refractivity contribution in [1.29, 1.82) is 0 Å². The summed E-state index contributed by atoms with van der Waals surface area (Å²) in [6, 6.07) is 15.4. The summed E-state index contributed by atoms with van der Waals surface area (Å²) in [6.07, 6.45) is 0.798. The fourth-order valence-corrected chi connectivity index (χ4v) is 4.51. The number of nitrogens with one attached hydrogen (secondary N) is 2. The third kappa shape index (κ3) is 9.36. The molecule has 6 nitrogen and oxygen atoms in total. The molecule has 0 bridgehead atoms. The topological polar surface area (TPSA) is 92.3 Å². The highest BCUT2D eigenvalue weighted by Crippen LogP contribution is 2.23. The highest BCUT2D eigenvalue weighted by atomic mass is 19.1. The third-order valence-corrected chi connectivity index (χ3v) is 6.45. The van der Waals surface area contributed by atoms with Gasteiger partial charge >= 0.3 is 0 Å². The Labute approximate surface area is 233 Å². The molecule has 3 aromatic rings. The molecular weight excluding hydrogens is 514 g/mol. The van der Waals surface area contributed by atoms with Crippen molar-refractivity contribution < 1.29 is 28.0 Å². The van der Waals surface area contributed by atoms with Crippen LogP contribution in [0.1, 0.15) is 68.8 Å². The van der Waals surface area contributed by atoms with Crippen LogP contribution < -0.4 is 10.6 Å². The number of ketones is 2. The van der Waals surface area contributed by atoms with Crippen molar-refractivity contribution >= 4 is 34.2 Å². The molecule has 2 N–H and O–H groups in total. The van der Waals surface area contributed by atoms with Crippen molar-refractivity contribution in [3.63, 3.8) is 0 Å². The highest BCUT2D eigenvalue weighted by Gasteiger charge is 2.26. The van der Waals surface area contributed by atoms with E-state index in [4.69, 9.17) is 0 Å². The van der Waals surface area contributed by atoms with E-state index < -0.39 is 23.2 Å². The standard InChI is InChI=1S/C32H36F2N2O4/c1-32(2,3)36-30(39)20-22(19-24(37)15-12-21-10-13-23(33)14-11-21)31(40)35-18-6-9-29(38)27-16-17-28(34)26-8-5-4-7-25(26)27/h4-5,7-8,10-11,13-14,16-17,22H,6,9,12,15,18-20H2,1-3H3,(H,35,40)(H,36,39)/t22-/m0/s1. The number of halogens is 2. The molecule has 8 heteroatoms. The molecule has 0 heterocycles. The lowest BCUT2D eigenvalue weighted by molar-refractivity contribution is -0.133. The molecule has 3 rings (SSSR count). The summed E-state index contributed by atoms with van der Waals surface area (Å²) in [4.78, 5) is 51.1. The predicted octanol–water partition coefficient (Wildman–Crippen LogP) is 5.71. The second kappa shape index (κ2) is 13.9. The first-order valence-corrected chi connectivity index (χ1v) is 13.5. The predicted molar refractivity (Wildman–Crippen MR) is 151 cm³/mol. The molecule has 0 radical (unpaired) electrons. The largest absolute Gasteiger partial charge is 0.356 e. The number of rotatable bonds is 13. The van der Waals surface area contributed by atoms with Crippen LogP contribution in [0.5, 0.6) is 0 Å². The molecule has 40 heavy (non-hydrogen) atoms. The first-order chi connectivity index (χ1) is 18.9. The fourth-order valence-electron chi connectivity index (χ4n) is 4.51. The van der Waals surface area contributed by atoms with Gasteiger partial charge in [0.05, 0.1) is 5.92 Å². The van der Waals surface area contributed by atoms with Crippen molar-refractivity contribution in [3.8, 4) is 0 Å². The molecule has 0 aliphatic rings. The second-order valence-corrected chi connectivity index (χ2v) is 11.0. The molecule has 0 aliphatic carbocycles. The Morgan fingerprint density at radius 3 is 2.17 bits per heavy atom. The summed E-state index contributed by atoms with van der Waals surface area (Å²) in [5.74, 6) is -2.72. The molecule has 1 atom stereocenters. The number of hydrogen-bond donors (Lipinski definition) is 2. The van der Waals surface area contributed by atoms with Gasteiger partial charge in [-0.2, -0.15) is 0 Å². The van der Waals surface area contributed by atoms with Gasteiger partial charge < -0.3 is 10.6 Å². The summed E-state index contributed by atoms with van der Waals surface area (Å²) in [5.41, 5.74) is 0.738. The fraction of sp³-hybridized carbons (Fsp3) is 0.375. The molecule has 0 fully saturated rings. The Bertz CT molecular complexity index is 1360. The maximum absolute atomic E-state index is 14.1. The zero-order valence-corrected chi connectivity index (χ0v) is 23.2. The van der Waals surface area contributed by atoms with Crippen LogP contribution in [0.2, 0.25) is 0 Å². The summed E-state index contributed by atoms with van der Waals surface area (Å²) in [6.45, 7) is 5.67. The quantitative estimate of drug-likeness (QED) is 0.211. The van der Waals surface area contributed by atoms with Gasteiger partial charge in [0, 0.05) is 48.7 Å². The summed E-state index contributed by atoms with van der Waals surface area (Å²) < 4.78 is 27.2. The van der Waals surface area contributed by atoms with Gasteiger partial charge in [0.25, 0.3) is 0 Å². The van der Waals surface area contributed by atoms with Gasteiger partial charge in [-0.05, 0) is 68.8 Å². The molecular formula is C32H36F2N2O4. The van der Waals surface area contributed by atoms with Gasteiger partial charge in [-0.25, -0.2) is 8.78 Å². The van der Waals surface area contributed by atoms with Crippen molar-refractivity contribution in [3.05, 3.63) is 83.4 Å². The van der Waals surface area contributed by atoms with E-state index in [1.807, 2.05) is 20.8 Å². The van der Waals surface area contributed by atoms with Crippen LogP contribution in [0, 0.1) is 17.6 Å². The van der Waals surface area contributed by atoms with Crippen LogP contribution in [0.15, 0.2) is 60.7 Å². The number of carbonyl (C=O) groups is 4. The van der Waals surface area contributed by atoms with E-state index in [1.54, 1.807) is 36.4 Å². The SMILES string of the molecule is CC(C)(C)NC(=O)C[C@H](CC(=O)CCc1ccc(F)cc1)C(=O)NCCCC(=O)c1ccc(F)c2ccccc12. The number of carbonyl (C=O) groups excluding carboxylic acids is 4. The number of fused-ring (bicyclic) bond motifs is 1. The molecule has 2 amide bonds. The summed E-state index contributed by atoms with van der Waals surface area (Å²) in [5, 5.41) is 6.51.